The second kappa shape index (κ2) is 52.9. The Kier molecular flexibility index (Phi) is 42.0. The minimum atomic E-state index is -1.23. The van der Waals surface area contributed by atoms with Crippen LogP contribution in [0.3, 0.4) is 0 Å². The number of hydrogen-bond acceptors (Lipinski definition) is 31. The van der Waals surface area contributed by atoms with Crippen molar-refractivity contribution in [1.29, 1.82) is 0 Å². The summed E-state index contributed by atoms with van der Waals surface area (Å²) in [6.45, 7) is 29.1. The molecule has 6 atom stereocenters. The van der Waals surface area contributed by atoms with Crippen LogP contribution in [-0.4, -0.2) is 223 Å². The number of nitrogens with zero attached hydrogens (tertiary/aromatic N) is 14. The van der Waals surface area contributed by atoms with Crippen LogP contribution in [0, 0.1) is 54.3 Å². The van der Waals surface area contributed by atoms with Gasteiger partial charge in [-0.3, -0.25) is 38.4 Å². The zero-order chi connectivity index (χ0) is 102. The Morgan fingerprint density at radius 1 is 0.535 bits per heavy atom. The Hall–Kier alpha value is -12.7. The number of aliphatic hydroxyl groups excluding tert-OH is 2. The number of nitrogens with one attached hydrogen (secondary N) is 4. The molecular formula is C102H141N21O17S2. The monoisotopic (exact) mass is 2000 g/mol. The molecule has 2 fully saturated rings. The van der Waals surface area contributed by atoms with Crippen molar-refractivity contribution in [3.63, 3.8) is 0 Å². The Morgan fingerprint density at radius 2 is 0.958 bits per heavy atom. The van der Waals surface area contributed by atoms with Gasteiger partial charge in [0, 0.05) is 96.7 Å². The molecule has 8 aromatic heterocycles. The molecule has 142 heavy (non-hydrogen) atoms. The lowest BCUT2D eigenvalue weighted by Gasteiger charge is -2.35. The molecule has 0 radical (unpaired) electrons. The maximum Gasteiger partial charge on any atom is 0.303 e. The molecule has 2 aliphatic rings. The highest BCUT2D eigenvalue weighted by atomic mass is 32.1. The average molecular weight is 2000 g/mol. The number of carbonyl (C=O) groups excluding carboxylic acids is 7. The molecular weight excluding hydrogens is 1860 g/mol. The number of β-amino-alcohol motifs (C(OH)–C–C–N with tert-alkyl or cyclic N) is 2. The molecule has 0 aliphatic carbocycles. The van der Waals surface area contributed by atoms with Gasteiger partial charge < -0.3 is 92.4 Å². The summed E-state index contributed by atoms with van der Waals surface area (Å²) in [7, 11) is 0. The summed E-state index contributed by atoms with van der Waals surface area (Å²) >= 11 is 3.16. The Morgan fingerprint density at radius 3 is 1.36 bits per heavy atom. The molecule has 10 aromatic rings. The van der Waals surface area contributed by atoms with E-state index in [1.165, 1.54) is 9.80 Å². The van der Waals surface area contributed by atoms with Gasteiger partial charge in [-0.25, -0.2) is 39.2 Å². The van der Waals surface area contributed by atoms with Crippen LogP contribution in [0.15, 0.2) is 81.2 Å². The molecule has 768 valence electrons. The van der Waals surface area contributed by atoms with Gasteiger partial charge in [-0.1, -0.05) is 148 Å². The fourth-order valence-corrected chi connectivity index (χ4v) is 18.0. The van der Waals surface area contributed by atoms with Crippen molar-refractivity contribution in [1.82, 2.24) is 90.7 Å². The number of unbranched alkanes of at least 4 members (excludes halogenated alkanes) is 10. The van der Waals surface area contributed by atoms with Gasteiger partial charge in [0.2, 0.25) is 35.4 Å². The maximum absolute atomic E-state index is 14.0. The van der Waals surface area contributed by atoms with Gasteiger partial charge in [0.25, 0.3) is 0 Å². The third-order valence-corrected chi connectivity index (χ3v) is 25.9. The number of hydrogen-bond donors (Lipinski definition) is 12. The van der Waals surface area contributed by atoms with Crippen molar-refractivity contribution >= 4 is 104 Å². The fourth-order valence-electron chi connectivity index (χ4n) is 16.4. The summed E-state index contributed by atoms with van der Waals surface area (Å²) in [5.41, 5.74) is 27.1. The van der Waals surface area contributed by atoms with Gasteiger partial charge in [0.1, 0.15) is 68.6 Å². The van der Waals surface area contributed by atoms with Crippen LogP contribution >= 0.6 is 22.7 Å². The number of ether oxygens (including phenoxy) is 2. The number of benzene rings is 2. The molecule has 38 nitrogen and oxygen atoms in total. The van der Waals surface area contributed by atoms with E-state index >= 15 is 0 Å². The summed E-state index contributed by atoms with van der Waals surface area (Å²) in [6.07, 6.45) is 14.2. The number of carboxylic acids is 1. The third kappa shape index (κ3) is 32.4. The van der Waals surface area contributed by atoms with Crippen LogP contribution in [0.5, 0.6) is 11.5 Å². The number of aromatic nitrogens is 12. The number of likely N-dealkylation sites (tertiary alicyclic amines) is 2. The van der Waals surface area contributed by atoms with Crippen molar-refractivity contribution in [3.8, 4) is 79.1 Å². The molecule has 15 N–H and O–H groups in total. The van der Waals surface area contributed by atoms with Crippen LogP contribution in [-0.2, 0) is 64.5 Å². The van der Waals surface area contributed by atoms with E-state index in [2.05, 4.69) is 90.5 Å². The van der Waals surface area contributed by atoms with E-state index in [1.54, 1.807) is 62.8 Å². The molecule has 0 unspecified atom stereocenters. The normalized spacial score (nSPS) is 15.1. The molecule has 0 spiro atoms. The molecule has 12 rings (SSSR count). The number of thiazole rings is 2. The second-order valence-electron chi connectivity index (χ2n) is 38.7. The number of aliphatic carboxylic acids is 1. The smallest absolute Gasteiger partial charge is 0.303 e. The first-order chi connectivity index (χ1) is 67.1. The molecule has 2 aliphatic heterocycles. The number of carboxylic acid groups (broad SMARTS) is 1. The van der Waals surface area contributed by atoms with E-state index in [0.29, 0.717) is 147 Å². The van der Waals surface area contributed by atoms with Crippen molar-refractivity contribution in [2.75, 3.05) is 50.9 Å². The van der Waals surface area contributed by atoms with Crippen molar-refractivity contribution < 1.29 is 82.6 Å². The number of Topliss-reactive ketones (excluding diaryl/α,β-unsaturated/α-hetero) is 1. The van der Waals surface area contributed by atoms with Gasteiger partial charge in [-0.2, -0.15) is 0 Å². The number of fused-ring (bicyclic) bond motifs is 2. The van der Waals surface area contributed by atoms with Crippen LogP contribution in [0.1, 0.15) is 259 Å². The van der Waals surface area contributed by atoms with E-state index in [0.717, 1.165) is 108 Å². The highest BCUT2D eigenvalue weighted by Gasteiger charge is 2.47. The van der Waals surface area contributed by atoms with E-state index in [1.807, 2.05) is 138 Å². The fraction of sp³-hybridized carbons (Fsp3) is 0.549. The van der Waals surface area contributed by atoms with Crippen LogP contribution in [0.2, 0.25) is 0 Å². The van der Waals surface area contributed by atoms with Gasteiger partial charge in [0.15, 0.2) is 46.2 Å². The van der Waals surface area contributed by atoms with E-state index in [9.17, 15) is 58.8 Å². The number of anilines is 2. The number of nitrogen functional groups attached to an aromatic ring is 2. The van der Waals surface area contributed by atoms with Gasteiger partial charge >= 0.3 is 5.97 Å². The lowest BCUT2D eigenvalue weighted by atomic mass is 9.76. The quantitative estimate of drug-likeness (QED) is 0.0125. The standard InChI is InChI=1S/C50H67N11O8S.C28H40N4O4S.C23H30N6O5.CH4/c1-8-60-42-37(28-53-35(22-23-50(6,7)67)40(42)57-46(60)41-45(51)59-69-58-41)68-25-15-11-9-10-12-16-38(63)52-24-14-13-17-39(64)56-44(49(3,4)5)48(66)61-29-34(62)26-36(61)47(65)54-27-32-18-20-33(21-19-32)43-31(2)55-30-70-43;1-18-25(37-17-31-18)20-10-8-19(9-11-20)15-30-26(35)24-14-22(34)16-32(24)27(36)23(28(2,3)4)13-21(33)7-5-6-12-29;1-4-29-20-16(33-13-9-7-5-6-8-10-17(30)31)14-25-15(11-12-23(2,3)32)18(20)26-22(29)19-21(24)28-34-27-19;/h18-21,28,30,34,36,44,62,67H,8-17,24-27,29H2,1-7H3,(H2,51,59)(H,52,63)(H,54,65)(H,56,64);8-11,17,22-24,34H,5-7,12-16,29H2,1-4H3,(H,30,35);14,32H,4-10,13H2,1-3H3,(H2,24,28)(H,30,31);1H4/t34-,36+,44-;22-,23-,24+;;/m11../s1. The van der Waals surface area contributed by atoms with E-state index in [-0.39, 0.29) is 112 Å². The maximum atomic E-state index is 14.0. The van der Waals surface area contributed by atoms with Crippen molar-refractivity contribution in [2.45, 2.75) is 307 Å². The second-order valence-corrected chi connectivity index (χ2v) is 40.4. The number of amides is 6. The molecule has 10 heterocycles. The number of imidazole rings is 2. The zero-order valence-electron chi connectivity index (χ0n) is 83.3. The lowest BCUT2D eigenvalue weighted by molar-refractivity contribution is -0.146. The van der Waals surface area contributed by atoms with Gasteiger partial charge in [-0.05, 0) is 179 Å². The largest absolute Gasteiger partial charge is 0.490 e. The number of carbonyl (C=O) groups is 8. The first-order valence-electron chi connectivity index (χ1n) is 48.3. The average Bonchev–Trinajstić information content (AvgIpc) is 1.60. The predicted octanol–water partition coefficient (Wildman–Crippen LogP) is 12.5. The molecule has 0 saturated carbocycles. The Labute approximate surface area is 837 Å². The number of pyridine rings is 2. The highest BCUT2D eigenvalue weighted by molar-refractivity contribution is 7.13. The minimum Gasteiger partial charge on any atom is -0.490 e. The van der Waals surface area contributed by atoms with Crippen LogP contribution in [0.25, 0.3) is 66.0 Å². The number of aryl methyl sites for hydroxylation is 4. The molecule has 40 heteroatoms. The van der Waals surface area contributed by atoms with Crippen molar-refractivity contribution in [3.05, 3.63) is 106 Å². The summed E-state index contributed by atoms with van der Waals surface area (Å²) in [5.74, 6) is 10.6. The van der Waals surface area contributed by atoms with Gasteiger partial charge in [0.05, 0.1) is 70.0 Å². The van der Waals surface area contributed by atoms with E-state index < -0.39 is 70.2 Å². The third-order valence-electron chi connectivity index (χ3n) is 24.0. The Bertz CT molecular complexity index is 6010. The lowest BCUT2D eigenvalue weighted by Crippen LogP contribution is -2.57. The highest BCUT2D eigenvalue weighted by Crippen LogP contribution is 2.39. The topological polar surface area (TPSA) is 554 Å². The molecule has 6 amide bonds. The summed E-state index contributed by atoms with van der Waals surface area (Å²) in [6, 6.07) is 13.3. The summed E-state index contributed by atoms with van der Waals surface area (Å²) in [5, 5.41) is 76.7. The summed E-state index contributed by atoms with van der Waals surface area (Å²) in [4.78, 5) is 135. The summed E-state index contributed by atoms with van der Waals surface area (Å²) < 4.78 is 25.7. The van der Waals surface area contributed by atoms with Gasteiger partial charge in [-0.15, -0.1) is 22.7 Å². The molecule has 2 saturated heterocycles. The van der Waals surface area contributed by atoms with Crippen molar-refractivity contribution in [2.24, 2.45) is 22.5 Å². The number of ketones is 1. The van der Waals surface area contributed by atoms with Crippen LogP contribution < -0.4 is 47.9 Å². The number of rotatable bonds is 44. The first-order valence-corrected chi connectivity index (χ1v) is 50.0. The number of nitrogens with two attached hydrogens (primary N) is 3. The SMILES string of the molecule is C.CCn1c(-c2nonc2N)nc2c(C#CC(C)(C)O)ncc(OCCCCCCCC(=O)NCCCCC(=O)N[C@H](C(=O)N3C[C@H](O)C[C@H]3C(=O)NCc3ccc(-c4scnc4C)cc3)C(C)(C)C)c21.CCn1c(-c2nonc2N)nc2c(C#CC(C)(C)O)ncc(OCCCCCCCC(=O)O)c21.Cc1ncsc1-c1ccc(CNC(=O)[C@@H]2C[C@@H](O)CN2C(=O)[C@@H](CC(=O)CCCCN)C(C)(C)C)cc1. The van der Waals surface area contributed by atoms with Crippen LogP contribution in [0.4, 0.5) is 11.6 Å². The zero-order valence-corrected chi connectivity index (χ0v) is 84.9. The Balaban J connectivity index is 0.000000262. The van der Waals surface area contributed by atoms with E-state index in [4.69, 9.17) is 46.0 Å². The molecule has 2 aromatic carbocycles. The molecule has 0 bridgehead atoms. The predicted molar refractivity (Wildman–Crippen MR) is 543 cm³/mol. The first kappa shape index (κ1) is 113. The number of aliphatic hydroxyl groups is 4. The minimum absolute atomic E-state index is 0.